The summed E-state index contributed by atoms with van der Waals surface area (Å²) in [7, 11) is 0. The number of aryl methyl sites for hydroxylation is 1. The Balaban J connectivity index is 1.58. The second-order valence-corrected chi connectivity index (χ2v) is 10.6. The number of benzene rings is 2. The van der Waals surface area contributed by atoms with E-state index in [0.717, 1.165) is 0 Å². The van der Waals surface area contributed by atoms with Gasteiger partial charge in [0.25, 0.3) is 5.91 Å². The van der Waals surface area contributed by atoms with E-state index >= 15 is 0 Å². The summed E-state index contributed by atoms with van der Waals surface area (Å²) < 4.78 is 28.5. The van der Waals surface area contributed by atoms with Crippen molar-refractivity contribution in [1.29, 1.82) is 0 Å². The van der Waals surface area contributed by atoms with Crippen molar-refractivity contribution in [2.45, 2.75) is 58.3 Å². The molecule has 5 nitrogen and oxygen atoms in total. The molecule has 0 bridgehead atoms. The van der Waals surface area contributed by atoms with Crippen LogP contribution in [-0.4, -0.2) is 46.4 Å². The average Bonchev–Trinajstić information content (AvgIpc) is 3.04. The molecule has 2 aliphatic rings. The molecule has 0 aromatic heterocycles. The first-order valence-electron chi connectivity index (χ1n) is 11.8. The number of piperidine rings is 1. The Morgan fingerprint density at radius 3 is 2.34 bits per heavy atom. The Hall–Kier alpha value is -2.22. The zero-order valence-electron chi connectivity index (χ0n) is 20.0. The minimum Gasteiger partial charge on any atom is -0.338 e. The van der Waals surface area contributed by atoms with Gasteiger partial charge in [-0.2, -0.15) is 0 Å². The summed E-state index contributed by atoms with van der Waals surface area (Å²) in [5.41, 5.74) is -0.147. The maximum atomic E-state index is 14.5. The zero-order chi connectivity index (χ0) is 25.5. The van der Waals surface area contributed by atoms with Crippen molar-refractivity contribution in [3.8, 4) is 0 Å². The molecule has 0 radical (unpaired) electrons. The summed E-state index contributed by atoms with van der Waals surface area (Å²) in [6.07, 6.45) is 1.55. The van der Waals surface area contributed by atoms with E-state index in [4.69, 9.17) is 23.2 Å². The van der Waals surface area contributed by atoms with E-state index in [1.54, 1.807) is 23.1 Å². The van der Waals surface area contributed by atoms with Gasteiger partial charge in [0.1, 0.15) is 0 Å². The molecular weight excluding hydrogens is 495 g/mol. The van der Waals surface area contributed by atoms with Crippen molar-refractivity contribution in [3.63, 3.8) is 0 Å². The van der Waals surface area contributed by atoms with Crippen LogP contribution < -0.4 is 5.32 Å². The number of amides is 2. The molecule has 9 heteroatoms. The van der Waals surface area contributed by atoms with Gasteiger partial charge in [-0.05, 0) is 43.0 Å². The molecule has 2 aliphatic heterocycles. The average molecular weight is 524 g/mol. The number of hydrogen-bond donors (Lipinski definition) is 1. The second-order valence-electron chi connectivity index (χ2n) is 9.83. The molecule has 1 N–H and O–H groups in total. The first kappa shape index (κ1) is 25.9. The maximum absolute atomic E-state index is 14.5. The van der Waals surface area contributed by atoms with E-state index in [0.29, 0.717) is 40.8 Å². The summed E-state index contributed by atoms with van der Waals surface area (Å²) >= 11 is 12.8. The molecule has 0 saturated carbocycles. The van der Waals surface area contributed by atoms with Crippen LogP contribution in [-0.2, 0) is 11.3 Å². The van der Waals surface area contributed by atoms with Crippen molar-refractivity contribution in [3.05, 3.63) is 68.7 Å². The molecule has 2 heterocycles. The Kier molecular flexibility index (Phi) is 7.41. The van der Waals surface area contributed by atoms with E-state index < -0.39 is 23.2 Å². The summed E-state index contributed by atoms with van der Waals surface area (Å²) in [4.78, 5) is 29.8. The van der Waals surface area contributed by atoms with E-state index in [9.17, 15) is 18.4 Å². The minimum atomic E-state index is -1.13. The van der Waals surface area contributed by atoms with Crippen LogP contribution in [0.25, 0.3) is 0 Å². The Morgan fingerprint density at radius 1 is 1.11 bits per heavy atom. The van der Waals surface area contributed by atoms with E-state index in [1.807, 2.05) is 0 Å². The summed E-state index contributed by atoms with van der Waals surface area (Å²) in [5.74, 6) is -2.41. The highest BCUT2D eigenvalue weighted by molar-refractivity contribution is 6.36. The number of carbonyl (C=O) groups excluding carboxylic acids is 2. The fourth-order valence-corrected chi connectivity index (χ4v) is 5.56. The van der Waals surface area contributed by atoms with Crippen molar-refractivity contribution in [1.82, 2.24) is 15.1 Å². The van der Waals surface area contributed by atoms with Gasteiger partial charge >= 0.3 is 0 Å². The predicted octanol–water partition coefficient (Wildman–Crippen LogP) is 5.56. The highest BCUT2D eigenvalue weighted by Gasteiger charge is 2.52. The molecule has 1 unspecified atom stereocenters. The number of nitrogens with one attached hydrogen (secondary N) is 1. The lowest BCUT2D eigenvalue weighted by Crippen LogP contribution is -2.59. The van der Waals surface area contributed by atoms with Gasteiger partial charge in [0.15, 0.2) is 11.6 Å². The van der Waals surface area contributed by atoms with Gasteiger partial charge in [0, 0.05) is 41.5 Å². The van der Waals surface area contributed by atoms with Gasteiger partial charge in [0.2, 0.25) is 5.91 Å². The lowest BCUT2D eigenvalue weighted by Gasteiger charge is -2.45. The molecular formula is C26H29Cl2F2N3O2. The number of hydrogen-bond acceptors (Lipinski definition) is 3. The van der Waals surface area contributed by atoms with Crippen LogP contribution >= 0.6 is 23.2 Å². The van der Waals surface area contributed by atoms with Crippen molar-refractivity contribution >= 4 is 35.0 Å². The summed E-state index contributed by atoms with van der Waals surface area (Å²) in [6.45, 7) is 6.39. The molecule has 2 fully saturated rings. The van der Waals surface area contributed by atoms with E-state index in [2.05, 4.69) is 19.2 Å². The second kappa shape index (κ2) is 10.0. The molecule has 2 aromatic rings. The van der Waals surface area contributed by atoms with Crippen LogP contribution in [0.1, 0.15) is 54.6 Å². The third kappa shape index (κ3) is 4.91. The van der Waals surface area contributed by atoms with Gasteiger partial charge in [-0.25, -0.2) is 8.78 Å². The maximum Gasteiger partial charge on any atom is 0.256 e. The first-order valence-corrected chi connectivity index (χ1v) is 12.6. The fourth-order valence-electron chi connectivity index (χ4n) is 5.04. The first-order chi connectivity index (χ1) is 16.5. The van der Waals surface area contributed by atoms with Crippen LogP contribution in [0, 0.1) is 24.5 Å². The highest BCUT2D eigenvalue weighted by Crippen LogP contribution is 2.38. The number of likely N-dealkylation sites (tertiary alicyclic amines) is 1. The highest BCUT2D eigenvalue weighted by atomic mass is 35.5. The van der Waals surface area contributed by atoms with Crippen molar-refractivity contribution in [2.75, 3.05) is 13.1 Å². The zero-order valence-corrected chi connectivity index (χ0v) is 21.5. The van der Waals surface area contributed by atoms with Crippen LogP contribution in [0.3, 0.4) is 0 Å². The topological polar surface area (TPSA) is 52.7 Å². The van der Waals surface area contributed by atoms with Gasteiger partial charge in [-0.15, -0.1) is 0 Å². The SMILES string of the molecule is Cc1ccc(C(=O)N2CCC3(CC2)NC(CC(C)C)C(=O)N3Cc2c(Cl)cccc2Cl)c(F)c1F. The minimum absolute atomic E-state index is 0.0267. The van der Waals surface area contributed by atoms with E-state index in [1.165, 1.54) is 24.0 Å². The molecule has 0 aliphatic carbocycles. The van der Waals surface area contributed by atoms with Gasteiger partial charge in [-0.1, -0.05) is 49.2 Å². The molecule has 1 atom stereocenters. The van der Waals surface area contributed by atoms with Gasteiger partial charge < -0.3 is 9.80 Å². The third-order valence-electron chi connectivity index (χ3n) is 6.99. The van der Waals surface area contributed by atoms with Gasteiger partial charge in [0.05, 0.1) is 23.8 Å². The molecule has 1 spiro atoms. The molecule has 2 aromatic carbocycles. The summed E-state index contributed by atoms with van der Waals surface area (Å²) in [6, 6.07) is 7.60. The molecule has 188 valence electrons. The van der Waals surface area contributed by atoms with Crippen LogP contribution in [0.4, 0.5) is 8.78 Å². The standard InChI is InChI=1S/C26H29Cl2F2N3O2/c1-15(2)13-21-25(35)33(14-18-19(27)5-4-6-20(18)28)26(31-21)9-11-32(12-10-26)24(34)17-8-7-16(3)22(29)23(17)30/h4-8,15,21,31H,9-14H2,1-3H3. The van der Waals surface area contributed by atoms with Crippen LogP contribution in [0.2, 0.25) is 10.0 Å². The van der Waals surface area contributed by atoms with Crippen molar-refractivity contribution in [2.24, 2.45) is 5.92 Å². The molecule has 35 heavy (non-hydrogen) atoms. The number of rotatable bonds is 5. The van der Waals surface area contributed by atoms with Gasteiger partial charge in [-0.3, -0.25) is 14.9 Å². The Morgan fingerprint density at radius 2 is 1.74 bits per heavy atom. The lowest BCUT2D eigenvalue weighted by molar-refractivity contribution is -0.134. The van der Waals surface area contributed by atoms with Crippen LogP contribution in [0.15, 0.2) is 30.3 Å². The Bertz CT molecular complexity index is 1130. The monoisotopic (exact) mass is 523 g/mol. The summed E-state index contributed by atoms with van der Waals surface area (Å²) in [5, 5.41) is 4.51. The largest absolute Gasteiger partial charge is 0.338 e. The lowest BCUT2D eigenvalue weighted by atomic mass is 9.94. The number of nitrogens with zero attached hydrogens (tertiary/aromatic N) is 2. The number of halogens is 4. The van der Waals surface area contributed by atoms with Crippen LogP contribution in [0.5, 0.6) is 0 Å². The quantitative estimate of drug-likeness (QED) is 0.558. The molecule has 4 rings (SSSR count). The molecule has 2 saturated heterocycles. The third-order valence-corrected chi connectivity index (χ3v) is 7.70. The Labute approximate surface area is 214 Å². The predicted molar refractivity (Wildman–Crippen MR) is 132 cm³/mol. The normalized spacial score (nSPS) is 19.8. The number of carbonyl (C=O) groups is 2. The smallest absolute Gasteiger partial charge is 0.256 e. The van der Waals surface area contributed by atoms with E-state index in [-0.39, 0.29) is 42.7 Å². The molecule has 2 amide bonds. The van der Waals surface area contributed by atoms with Crippen molar-refractivity contribution < 1.29 is 18.4 Å². The fraction of sp³-hybridized carbons (Fsp3) is 0.462.